The van der Waals surface area contributed by atoms with Crippen LogP contribution < -0.4 is 5.32 Å². The van der Waals surface area contributed by atoms with Gasteiger partial charge in [0, 0.05) is 29.5 Å². The van der Waals surface area contributed by atoms with Crippen LogP contribution in [-0.2, 0) is 11.3 Å². The van der Waals surface area contributed by atoms with Crippen molar-refractivity contribution in [1.29, 1.82) is 0 Å². The second kappa shape index (κ2) is 5.96. The maximum Gasteiger partial charge on any atom is 0.226 e. The van der Waals surface area contributed by atoms with Crippen molar-refractivity contribution in [2.24, 2.45) is 5.92 Å². The van der Waals surface area contributed by atoms with E-state index in [4.69, 9.17) is 11.6 Å². The van der Waals surface area contributed by atoms with Crippen LogP contribution >= 0.6 is 11.6 Å². The van der Waals surface area contributed by atoms with E-state index in [1.807, 2.05) is 11.6 Å². The number of benzene rings is 1. The van der Waals surface area contributed by atoms with E-state index < -0.39 is 0 Å². The predicted octanol–water partition coefficient (Wildman–Crippen LogP) is 4.11. The van der Waals surface area contributed by atoms with E-state index in [0.29, 0.717) is 10.9 Å². The lowest BCUT2D eigenvalue weighted by Gasteiger charge is -2.25. The van der Waals surface area contributed by atoms with Gasteiger partial charge in [0.2, 0.25) is 5.91 Å². The lowest BCUT2D eigenvalue weighted by molar-refractivity contribution is -0.116. The lowest BCUT2D eigenvalue weighted by Crippen LogP contribution is -2.25. The summed E-state index contributed by atoms with van der Waals surface area (Å²) in [6.07, 6.45) is 0.284. The van der Waals surface area contributed by atoms with Crippen LogP contribution in [0.25, 0.3) is 0 Å². The molecule has 1 amide bonds. The smallest absolute Gasteiger partial charge is 0.226 e. The molecule has 0 fully saturated rings. The highest BCUT2D eigenvalue weighted by atomic mass is 35.5. The Morgan fingerprint density at radius 1 is 1.48 bits per heavy atom. The third-order valence-corrected chi connectivity index (χ3v) is 4.37. The zero-order valence-corrected chi connectivity index (χ0v) is 14.1. The molecule has 3 rings (SSSR count). The highest BCUT2D eigenvalue weighted by Gasteiger charge is 2.33. The molecular formula is C17H19ClFN3O. The van der Waals surface area contributed by atoms with E-state index in [0.717, 1.165) is 29.2 Å². The number of hydrogen-bond acceptors (Lipinski definition) is 2. The van der Waals surface area contributed by atoms with Crippen LogP contribution in [0.5, 0.6) is 0 Å². The van der Waals surface area contributed by atoms with Gasteiger partial charge in [0.1, 0.15) is 11.6 Å². The van der Waals surface area contributed by atoms with E-state index in [-0.39, 0.29) is 24.1 Å². The van der Waals surface area contributed by atoms with Crippen molar-refractivity contribution in [3.05, 3.63) is 45.9 Å². The summed E-state index contributed by atoms with van der Waals surface area (Å²) in [6, 6.07) is 4.32. The molecule has 0 bridgehead atoms. The molecule has 0 radical (unpaired) electrons. The normalized spacial score (nSPS) is 17.3. The topological polar surface area (TPSA) is 46.9 Å². The van der Waals surface area contributed by atoms with Crippen LogP contribution in [0, 0.1) is 18.7 Å². The van der Waals surface area contributed by atoms with Crippen molar-refractivity contribution < 1.29 is 9.18 Å². The number of amides is 1. The van der Waals surface area contributed by atoms with Gasteiger partial charge in [-0.15, -0.1) is 0 Å². The molecule has 1 unspecified atom stereocenters. The van der Waals surface area contributed by atoms with Crippen LogP contribution in [0.1, 0.15) is 43.0 Å². The van der Waals surface area contributed by atoms with Crippen LogP contribution in [0.15, 0.2) is 18.2 Å². The summed E-state index contributed by atoms with van der Waals surface area (Å²) in [7, 11) is 0. The standard InChI is InChI=1S/C17H19ClFN3O/c1-9(2)8-22-17-16(10(3)21-22)13(7-15(23)20-17)12-5-4-11(19)6-14(12)18/h4-6,9,13H,7-8H2,1-3H3,(H,20,23). The quantitative estimate of drug-likeness (QED) is 0.917. The second-order valence-electron chi connectivity index (χ2n) is 6.39. The zero-order chi connectivity index (χ0) is 16.7. The van der Waals surface area contributed by atoms with E-state index in [1.54, 1.807) is 6.07 Å². The number of aromatic nitrogens is 2. The van der Waals surface area contributed by atoms with Crippen molar-refractivity contribution >= 4 is 23.3 Å². The SMILES string of the molecule is Cc1nn(CC(C)C)c2c1C(c1ccc(F)cc1Cl)CC(=O)N2. The summed E-state index contributed by atoms with van der Waals surface area (Å²) in [5.74, 6) is 0.481. The number of nitrogens with one attached hydrogen (secondary N) is 1. The van der Waals surface area contributed by atoms with E-state index >= 15 is 0 Å². The van der Waals surface area contributed by atoms with Crippen molar-refractivity contribution in [3.63, 3.8) is 0 Å². The summed E-state index contributed by atoms with van der Waals surface area (Å²) >= 11 is 6.22. The minimum atomic E-state index is -0.383. The molecular weight excluding hydrogens is 317 g/mol. The Balaban J connectivity index is 2.12. The van der Waals surface area contributed by atoms with Crippen LogP contribution in [0.3, 0.4) is 0 Å². The molecule has 6 heteroatoms. The molecule has 1 aromatic heterocycles. The Kier molecular flexibility index (Phi) is 4.15. The molecule has 1 N–H and O–H groups in total. The first-order chi connectivity index (χ1) is 10.9. The van der Waals surface area contributed by atoms with E-state index in [2.05, 4.69) is 24.3 Å². The minimum absolute atomic E-state index is 0.0761. The Morgan fingerprint density at radius 3 is 2.87 bits per heavy atom. The summed E-state index contributed by atoms with van der Waals surface area (Å²) in [4.78, 5) is 12.2. The number of carbonyl (C=O) groups is 1. The number of rotatable bonds is 3. The van der Waals surface area contributed by atoms with Crippen LogP contribution in [-0.4, -0.2) is 15.7 Å². The maximum absolute atomic E-state index is 13.3. The monoisotopic (exact) mass is 335 g/mol. The largest absolute Gasteiger partial charge is 0.311 e. The van der Waals surface area contributed by atoms with Crippen molar-refractivity contribution in [3.8, 4) is 0 Å². The highest BCUT2D eigenvalue weighted by molar-refractivity contribution is 6.31. The second-order valence-corrected chi connectivity index (χ2v) is 6.80. The first kappa shape index (κ1) is 16.0. The number of fused-ring (bicyclic) bond motifs is 1. The molecule has 23 heavy (non-hydrogen) atoms. The fourth-order valence-corrected chi connectivity index (χ4v) is 3.44. The van der Waals surface area contributed by atoms with Gasteiger partial charge in [-0.2, -0.15) is 5.10 Å². The molecule has 1 aromatic carbocycles. The van der Waals surface area contributed by atoms with E-state index in [9.17, 15) is 9.18 Å². The van der Waals surface area contributed by atoms with Crippen LogP contribution in [0.4, 0.5) is 10.2 Å². The first-order valence-electron chi connectivity index (χ1n) is 7.69. The van der Waals surface area contributed by atoms with Gasteiger partial charge >= 0.3 is 0 Å². The molecule has 1 atom stereocenters. The molecule has 0 spiro atoms. The summed E-state index contributed by atoms with van der Waals surface area (Å²) in [6.45, 7) is 6.85. The Bertz CT molecular complexity index is 769. The van der Waals surface area contributed by atoms with Gasteiger partial charge in [-0.25, -0.2) is 9.07 Å². The number of aryl methyl sites for hydroxylation is 1. The van der Waals surface area contributed by atoms with Gasteiger partial charge in [0.05, 0.1) is 5.69 Å². The maximum atomic E-state index is 13.3. The first-order valence-corrected chi connectivity index (χ1v) is 8.06. The average molecular weight is 336 g/mol. The van der Waals surface area contributed by atoms with Gasteiger partial charge in [0.25, 0.3) is 0 Å². The van der Waals surface area contributed by atoms with Crippen molar-refractivity contribution in [2.45, 2.75) is 39.7 Å². The molecule has 1 aliphatic heterocycles. The lowest BCUT2D eigenvalue weighted by atomic mass is 9.85. The van der Waals surface area contributed by atoms with Gasteiger partial charge in [-0.05, 0) is 30.5 Å². The summed E-state index contributed by atoms with van der Waals surface area (Å²) < 4.78 is 15.2. The van der Waals surface area contributed by atoms with Crippen LogP contribution in [0.2, 0.25) is 5.02 Å². The molecule has 122 valence electrons. The van der Waals surface area contributed by atoms with Gasteiger partial charge in [-0.3, -0.25) is 4.79 Å². The predicted molar refractivity (Wildman–Crippen MR) is 88.3 cm³/mol. The third-order valence-electron chi connectivity index (χ3n) is 4.05. The highest BCUT2D eigenvalue weighted by Crippen LogP contribution is 2.41. The van der Waals surface area contributed by atoms with Crippen molar-refractivity contribution in [2.75, 3.05) is 5.32 Å². The third kappa shape index (κ3) is 2.98. The molecule has 0 saturated carbocycles. The number of anilines is 1. The molecule has 0 aliphatic carbocycles. The molecule has 0 saturated heterocycles. The number of carbonyl (C=O) groups excluding carboxylic acids is 1. The minimum Gasteiger partial charge on any atom is -0.311 e. The Hall–Kier alpha value is -1.88. The Labute approximate surface area is 139 Å². The van der Waals surface area contributed by atoms with Gasteiger partial charge < -0.3 is 5.32 Å². The fraction of sp³-hybridized carbons (Fsp3) is 0.412. The molecule has 2 aromatic rings. The summed E-state index contributed by atoms with van der Waals surface area (Å²) in [5, 5.41) is 7.84. The van der Waals surface area contributed by atoms with E-state index in [1.165, 1.54) is 12.1 Å². The fourth-order valence-electron chi connectivity index (χ4n) is 3.14. The molecule has 2 heterocycles. The average Bonchev–Trinajstić information content (AvgIpc) is 2.73. The molecule has 4 nitrogen and oxygen atoms in total. The number of nitrogens with zero attached hydrogens (tertiary/aromatic N) is 2. The van der Waals surface area contributed by atoms with Gasteiger partial charge in [-0.1, -0.05) is 31.5 Å². The zero-order valence-electron chi connectivity index (χ0n) is 13.4. The summed E-state index contributed by atoms with van der Waals surface area (Å²) in [5.41, 5.74) is 2.60. The number of halogens is 2. The van der Waals surface area contributed by atoms with Crippen molar-refractivity contribution in [1.82, 2.24) is 9.78 Å². The number of hydrogen-bond donors (Lipinski definition) is 1. The van der Waals surface area contributed by atoms with Gasteiger partial charge in [0.15, 0.2) is 0 Å². The molecule has 1 aliphatic rings. The Morgan fingerprint density at radius 2 is 2.22 bits per heavy atom.